The smallest absolute Gasteiger partial charge is 0.257 e. The number of hydrogen-bond donors (Lipinski definition) is 1. The average molecular weight is 362 g/mol. The maximum atomic E-state index is 13.7. The number of benzene rings is 2. The maximum Gasteiger partial charge on any atom is 0.257 e. The van der Waals surface area contributed by atoms with Crippen molar-refractivity contribution in [2.45, 2.75) is 0 Å². The summed E-state index contributed by atoms with van der Waals surface area (Å²) in [6.45, 7) is 0. The Morgan fingerprint density at radius 1 is 1.12 bits per heavy atom. The Bertz CT molecular complexity index is 917. The Hall–Kier alpha value is -2.87. The second-order valence-electron chi connectivity index (χ2n) is 4.97. The van der Waals surface area contributed by atoms with Crippen LogP contribution in [0.5, 0.6) is 17.2 Å². The molecular weight excluding hydrogens is 347 g/mol. The number of halogens is 1. The first kappa shape index (κ1) is 17.0. The van der Waals surface area contributed by atoms with Gasteiger partial charge in [-0.15, -0.1) is 0 Å². The molecule has 0 fully saturated rings. The van der Waals surface area contributed by atoms with E-state index in [4.69, 9.17) is 14.2 Å². The van der Waals surface area contributed by atoms with Crippen molar-refractivity contribution in [3.63, 3.8) is 0 Å². The highest BCUT2D eigenvalue weighted by Gasteiger charge is 2.18. The molecule has 8 heteroatoms. The number of carbonyl (C=O) groups excluding carboxylic acids is 1. The summed E-state index contributed by atoms with van der Waals surface area (Å²) >= 11 is 1.19. The second-order valence-corrected chi connectivity index (χ2v) is 6.00. The molecule has 0 aliphatic rings. The van der Waals surface area contributed by atoms with E-state index in [0.29, 0.717) is 32.6 Å². The second kappa shape index (κ2) is 6.94. The van der Waals surface area contributed by atoms with E-state index in [1.54, 1.807) is 12.1 Å². The summed E-state index contributed by atoms with van der Waals surface area (Å²) in [6, 6.07) is 7.73. The lowest BCUT2D eigenvalue weighted by Gasteiger charge is -2.13. The lowest BCUT2D eigenvalue weighted by atomic mass is 10.1. The van der Waals surface area contributed by atoms with Crippen LogP contribution in [-0.2, 0) is 0 Å². The molecule has 1 amide bonds. The Morgan fingerprint density at radius 2 is 1.80 bits per heavy atom. The van der Waals surface area contributed by atoms with Crippen molar-refractivity contribution in [1.29, 1.82) is 0 Å². The molecule has 3 rings (SSSR count). The lowest BCUT2D eigenvalue weighted by Crippen LogP contribution is -2.12. The first-order chi connectivity index (χ1) is 12.1. The fourth-order valence-electron chi connectivity index (χ4n) is 2.35. The largest absolute Gasteiger partial charge is 0.493 e. The zero-order valence-corrected chi connectivity index (χ0v) is 14.6. The molecule has 0 saturated heterocycles. The zero-order valence-electron chi connectivity index (χ0n) is 13.8. The Kier molecular flexibility index (Phi) is 4.71. The van der Waals surface area contributed by atoms with Gasteiger partial charge in [-0.25, -0.2) is 9.37 Å². The number of nitrogens with one attached hydrogen (secondary N) is 1. The third kappa shape index (κ3) is 3.20. The van der Waals surface area contributed by atoms with Crippen LogP contribution in [0.25, 0.3) is 10.2 Å². The van der Waals surface area contributed by atoms with Gasteiger partial charge in [0.2, 0.25) is 5.75 Å². The van der Waals surface area contributed by atoms with Gasteiger partial charge in [-0.2, -0.15) is 0 Å². The number of thiazole rings is 1. The van der Waals surface area contributed by atoms with Gasteiger partial charge in [0, 0.05) is 5.56 Å². The minimum Gasteiger partial charge on any atom is -0.493 e. The van der Waals surface area contributed by atoms with Gasteiger partial charge in [-0.3, -0.25) is 10.1 Å². The van der Waals surface area contributed by atoms with Gasteiger partial charge in [-0.1, -0.05) is 17.4 Å². The fourth-order valence-corrected chi connectivity index (χ4v) is 3.23. The summed E-state index contributed by atoms with van der Waals surface area (Å²) in [5.74, 6) is 0.272. The van der Waals surface area contributed by atoms with E-state index >= 15 is 0 Å². The van der Waals surface area contributed by atoms with Crippen LogP contribution in [0.2, 0.25) is 0 Å². The molecule has 0 saturated carbocycles. The van der Waals surface area contributed by atoms with Gasteiger partial charge in [0.1, 0.15) is 11.3 Å². The molecule has 130 valence electrons. The Balaban J connectivity index is 1.93. The topological polar surface area (TPSA) is 69.7 Å². The SMILES string of the molecule is COc1cc(C(=O)Nc2nc3c(F)cccc3s2)cc(OC)c1OC. The minimum absolute atomic E-state index is 0.229. The average Bonchev–Trinajstić information content (AvgIpc) is 3.04. The van der Waals surface area contributed by atoms with Gasteiger partial charge < -0.3 is 14.2 Å². The number of nitrogens with zero attached hydrogens (tertiary/aromatic N) is 1. The van der Waals surface area contributed by atoms with Crippen LogP contribution in [0.4, 0.5) is 9.52 Å². The van der Waals surface area contributed by atoms with Crippen LogP contribution in [0.15, 0.2) is 30.3 Å². The first-order valence-corrected chi connectivity index (χ1v) is 8.05. The number of anilines is 1. The van der Waals surface area contributed by atoms with E-state index in [0.717, 1.165) is 0 Å². The molecule has 1 aromatic heterocycles. The summed E-state index contributed by atoms with van der Waals surface area (Å²) in [5.41, 5.74) is 0.530. The van der Waals surface area contributed by atoms with E-state index in [9.17, 15) is 9.18 Å². The number of amides is 1. The number of fused-ring (bicyclic) bond motifs is 1. The van der Waals surface area contributed by atoms with Crippen molar-refractivity contribution < 1.29 is 23.4 Å². The Labute approximate surface area is 147 Å². The molecule has 0 radical (unpaired) electrons. The summed E-state index contributed by atoms with van der Waals surface area (Å²) in [6.07, 6.45) is 0. The van der Waals surface area contributed by atoms with Gasteiger partial charge in [0.25, 0.3) is 5.91 Å². The fraction of sp³-hybridized carbons (Fsp3) is 0.176. The van der Waals surface area contributed by atoms with Crippen LogP contribution in [0, 0.1) is 5.82 Å². The predicted octanol–water partition coefficient (Wildman–Crippen LogP) is 3.71. The molecule has 0 atom stereocenters. The van der Waals surface area contributed by atoms with E-state index in [2.05, 4.69) is 10.3 Å². The molecule has 2 aromatic carbocycles. The van der Waals surface area contributed by atoms with Crippen LogP contribution in [0.1, 0.15) is 10.4 Å². The van der Waals surface area contributed by atoms with Crippen molar-refractivity contribution in [2.24, 2.45) is 0 Å². The van der Waals surface area contributed by atoms with Crippen LogP contribution >= 0.6 is 11.3 Å². The maximum absolute atomic E-state index is 13.7. The summed E-state index contributed by atoms with van der Waals surface area (Å²) in [7, 11) is 4.42. The van der Waals surface area contributed by atoms with E-state index in [1.165, 1.54) is 50.9 Å². The van der Waals surface area contributed by atoms with E-state index in [-0.39, 0.29) is 5.52 Å². The number of methoxy groups -OCH3 is 3. The van der Waals surface area contributed by atoms with Gasteiger partial charge >= 0.3 is 0 Å². The van der Waals surface area contributed by atoms with Crippen LogP contribution in [0.3, 0.4) is 0 Å². The highest BCUT2D eigenvalue weighted by molar-refractivity contribution is 7.22. The molecule has 1 N–H and O–H groups in total. The first-order valence-electron chi connectivity index (χ1n) is 7.23. The molecule has 1 heterocycles. The lowest BCUT2D eigenvalue weighted by molar-refractivity contribution is 0.102. The third-order valence-electron chi connectivity index (χ3n) is 3.52. The molecule has 0 unspecified atom stereocenters. The summed E-state index contributed by atoms with van der Waals surface area (Å²) in [5, 5.41) is 2.97. The van der Waals surface area contributed by atoms with Crippen molar-refractivity contribution in [2.75, 3.05) is 26.6 Å². The van der Waals surface area contributed by atoms with Crippen LogP contribution in [-0.4, -0.2) is 32.2 Å². The third-order valence-corrected chi connectivity index (χ3v) is 4.45. The van der Waals surface area contributed by atoms with Gasteiger partial charge in [-0.05, 0) is 24.3 Å². The van der Waals surface area contributed by atoms with E-state index in [1.807, 2.05) is 0 Å². The van der Waals surface area contributed by atoms with Crippen molar-refractivity contribution in [3.8, 4) is 17.2 Å². The number of carbonyl (C=O) groups is 1. The zero-order chi connectivity index (χ0) is 18.0. The van der Waals surface area contributed by atoms with Gasteiger partial charge in [0.05, 0.1) is 26.0 Å². The summed E-state index contributed by atoms with van der Waals surface area (Å²) in [4.78, 5) is 16.6. The highest BCUT2D eigenvalue weighted by atomic mass is 32.1. The molecule has 0 spiro atoms. The van der Waals surface area contributed by atoms with Crippen LogP contribution < -0.4 is 19.5 Å². The van der Waals surface area contributed by atoms with Crippen molar-refractivity contribution in [3.05, 3.63) is 41.7 Å². The van der Waals surface area contributed by atoms with Crippen molar-refractivity contribution >= 4 is 32.6 Å². The normalized spacial score (nSPS) is 10.6. The molecule has 0 aliphatic heterocycles. The molecule has 0 bridgehead atoms. The minimum atomic E-state index is -0.429. The Morgan fingerprint density at radius 3 is 2.36 bits per heavy atom. The molecule has 25 heavy (non-hydrogen) atoms. The van der Waals surface area contributed by atoms with E-state index < -0.39 is 11.7 Å². The van der Waals surface area contributed by atoms with Crippen molar-refractivity contribution in [1.82, 2.24) is 4.98 Å². The number of hydrogen-bond acceptors (Lipinski definition) is 6. The molecule has 0 aliphatic carbocycles. The quantitative estimate of drug-likeness (QED) is 0.749. The van der Waals surface area contributed by atoms with Gasteiger partial charge in [0.15, 0.2) is 16.6 Å². The standard InChI is InChI=1S/C17H15FN2O4S/c1-22-11-7-9(8-12(23-2)15(11)24-3)16(21)20-17-19-14-10(18)5-4-6-13(14)25-17/h4-8H,1-3H3,(H,19,20,21). The predicted molar refractivity (Wildman–Crippen MR) is 93.6 cm³/mol. The number of para-hydroxylation sites is 1. The monoisotopic (exact) mass is 362 g/mol. The molecule has 6 nitrogen and oxygen atoms in total. The molecule has 3 aromatic rings. The number of aromatic nitrogens is 1. The summed E-state index contributed by atoms with van der Waals surface area (Å²) < 4.78 is 30.1. The number of ether oxygens (including phenoxy) is 3. The molecular formula is C17H15FN2O4S. The number of rotatable bonds is 5. The highest BCUT2D eigenvalue weighted by Crippen LogP contribution is 2.38.